The summed E-state index contributed by atoms with van der Waals surface area (Å²) in [6, 6.07) is 14.6. The van der Waals surface area contributed by atoms with Crippen molar-refractivity contribution in [3.8, 4) is 11.1 Å². The molecule has 0 spiro atoms. The normalized spacial score (nSPS) is 20.0. The Balaban J connectivity index is 1.65. The Morgan fingerprint density at radius 1 is 0.960 bits per heavy atom. The molecule has 2 atom stereocenters. The van der Waals surface area contributed by atoms with Crippen LogP contribution in [0, 0.1) is 28.6 Å². The predicted octanol–water partition coefficient (Wildman–Crippen LogP) is 7.66. The molecular formula is C36H43BrClN5O6S. The largest absolute Gasteiger partial charge is 0.458 e. The lowest BCUT2D eigenvalue weighted by atomic mass is 9.59. The van der Waals surface area contributed by atoms with Crippen molar-refractivity contribution in [2.45, 2.75) is 67.4 Å². The van der Waals surface area contributed by atoms with E-state index in [1.165, 1.54) is 12.1 Å². The van der Waals surface area contributed by atoms with Gasteiger partial charge in [-0.25, -0.2) is 9.52 Å². The van der Waals surface area contributed by atoms with Crippen molar-refractivity contribution in [2.75, 3.05) is 10.5 Å². The van der Waals surface area contributed by atoms with Gasteiger partial charge in [-0.2, -0.15) is 8.42 Å². The highest BCUT2D eigenvalue weighted by molar-refractivity contribution is 9.10. The van der Waals surface area contributed by atoms with Gasteiger partial charge in [0.25, 0.3) is 11.5 Å². The molecule has 14 heteroatoms. The van der Waals surface area contributed by atoms with Crippen LogP contribution in [0.5, 0.6) is 0 Å². The number of anilines is 2. The lowest BCUT2D eigenvalue weighted by Crippen LogP contribution is -2.49. The van der Waals surface area contributed by atoms with E-state index >= 15 is 0 Å². The number of aromatic nitrogens is 2. The Labute approximate surface area is 305 Å². The van der Waals surface area contributed by atoms with Crippen molar-refractivity contribution in [3.63, 3.8) is 0 Å². The Hall–Kier alpha value is -3.81. The average Bonchev–Trinajstić information content (AvgIpc) is 3.28. The predicted molar refractivity (Wildman–Crippen MR) is 201 cm³/mol. The second kappa shape index (κ2) is 13.7. The molecule has 5 rings (SSSR count). The minimum Gasteiger partial charge on any atom is -0.458 e. The number of nitrogens with two attached hydrogens (primary N) is 1. The summed E-state index contributed by atoms with van der Waals surface area (Å²) in [4.78, 5) is 44.9. The van der Waals surface area contributed by atoms with Crippen molar-refractivity contribution in [1.82, 2.24) is 14.1 Å². The number of nitrogens with one attached hydrogen (secondary N) is 3. The van der Waals surface area contributed by atoms with Crippen LogP contribution in [-0.4, -0.2) is 35.8 Å². The van der Waals surface area contributed by atoms with Crippen LogP contribution in [0.2, 0.25) is 5.02 Å². The zero-order chi connectivity index (χ0) is 36.9. The third-order valence-corrected chi connectivity index (χ3v) is 11.4. The molecule has 1 fully saturated rings. The zero-order valence-electron chi connectivity index (χ0n) is 29.1. The number of benzene rings is 2. The third-order valence-electron chi connectivity index (χ3n) is 9.44. The van der Waals surface area contributed by atoms with E-state index < -0.39 is 45.1 Å². The summed E-state index contributed by atoms with van der Waals surface area (Å²) >= 11 is 9.71. The third kappa shape index (κ3) is 7.59. The molecule has 0 saturated heterocycles. The Bertz CT molecular complexity index is 2080. The molecule has 4 aromatic rings. The molecule has 1 amide bonds. The summed E-state index contributed by atoms with van der Waals surface area (Å²) in [5, 5.41) is 0.458. The first kappa shape index (κ1) is 37.4. The van der Waals surface area contributed by atoms with E-state index in [9.17, 15) is 22.8 Å². The van der Waals surface area contributed by atoms with Gasteiger partial charge in [-0.3, -0.25) is 18.7 Å². The summed E-state index contributed by atoms with van der Waals surface area (Å²) in [6.45, 7) is 15.2. The highest BCUT2D eigenvalue weighted by Gasteiger charge is 2.48. The van der Waals surface area contributed by atoms with Crippen LogP contribution in [0.3, 0.4) is 0 Å². The lowest BCUT2D eigenvalue weighted by Gasteiger charge is -2.50. The van der Waals surface area contributed by atoms with Gasteiger partial charge in [0.1, 0.15) is 33.3 Å². The van der Waals surface area contributed by atoms with Crippen LogP contribution in [0.15, 0.2) is 64.0 Å². The van der Waals surface area contributed by atoms with Crippen molar-refractivity contribution < 1.29 is 22.7 Å². The topological polar surface area (TPSA) is 165 Å². The molecule has 2 aromatic carbocycles. The molecule has 0 bridgehead atoms. The maximum atomic E-state index is 14.6. The Morgan fingerprint density at radius 2 is 1.52 bits per heavy atom. The van der Waals surface area contributed by atoms with E-state index in [0.717, 1.165) is 17.2 Å². The van der Waals surface area contributed by atoms with E-state index in [-0.39, 0.29) is 44.2 Å². The number of ether oxygens (including phenoxy) is 1. The molecule has 50 heavy (non-hydrogen) atoms. The molecule has 11 nitrogen and oxygen atoms in total. The standard InChI is InChI=1S/C36H43BrClN5O6S/c1-19-17-23(35(2,3)4)28(24(18-19)36(5,6)7)49-34(46)26-25(20-13-15-21(38)16-14-20)29(37)43-31(26)40-30(39)27(33(43)45)32(44)42-50(47,48)41-22-11-9-8-10-12-22/h8-16,19,23-24,28,40-41H,17-18,39H2,1-7H3,(H,42,44). The quantitative estimate of drug-likeness (QED) is 0.140. The molecule has 1 aliphatic carbocycles. The molecule has 0 radical (unpaired) electrons. The Kier molecular flexibility index (Phi) is 10.3. The van der Waals surface area contributed by atoms with Crippen molar-refractivity contribution in [2.24, 2.45) is 28.6 Å². The second-order valence-electron chi connectivity index (χ2n) is 15.2. The van der Waals surface area contributed by atoms with Crippen LogP contribution < -0.4 is 20.7 Å². The molecule has 268 valence electrons. The van der Waals surface area contributed by atoms with Gasteiger partial charge >= 0.3 is 16.2 Å². The SMILES string of the molecule is CC1CC(C(C)(C)C)C(OC(=O)c2c(-c3ccc(Cl)cc3)c(Br)n3c(=O)c(C(=O)NS(=O)(=O)Nc4ccccc4)c(N)[nH]c23)C(C(C)(C)C)C1. The maximum Gasteiger partial charge on any atom is 0.342 e. The minimum absolute atomic E-state index is 0.0206. The number of halogens is 2. The number of hydrogen-bond donors (Lipinski definition) is 4. The van der Waals surface area contributed by atoms with E-state index in [4.69, 9.17) is 22.1 Å². The molecule has 0 aliphatic heterocycles. The van der Waals surface area contributed by atoms with Gasteiger partial charge in [-0.1, -0.05) is 90.4 Å². The fourth-order valence-electron chi connectivity index (χ4n) is 6.98. The van der Waals surface area contributed by atoms with Crippen molar-refractivity contribution >= 4 is 66.8 Å². The Morgan fingerprint density at radius 3 is 2.06 bits per heavy atom. The van der Waals surface area contributed by atoms with E-state index in [0.29, 0.717) is 22.1 Å². The number of H-pyrrole nitrogens is 1. The number of carbonyl (C=O) groups is 2. The zero-order valence-corrected chi connectivity index (χ0v) is 32.2. The molecule has 1 aliphatic rings. The van der Waals surface area contributed by atoms with Gasteiger partial charge in [-0.05, 0) is 75.3 Å². The van der Waals surface area contributed by atoms with Gasteiger partial charge in [0.05, 0.1) is 5.69 Å². The number of aromatic amines is 1. The van der Waals surface area contributed by atoms with Crippen LogP contribution in [0.25, 0.3) is 16.8 Å². The van der Waals surface area contributed by atoms with E-state index in [1.54, 1.807) is 42.5 Å². The minimum atomic E-state index is -4.46. The van der Waals surface area contributed by atoms with Crippen LogP contribution in [-0.2, 0) is 14.9 Å². The van der Waals surface area contributed by atoms with Gasteiger partial charge < -0.3 is 15.5 Å². The summed E-state index contributed by atoms with van der Waals surface area (Å²) in [6.07, 6.45) is 1.31. The van der Waals surface area contributed by atoms with Gasteiger partial charge in [0.2, 0.25) is 0 Å². The van der Waals surface area contributed by atoms with Crippen molar-refractivity contribution in [3.05, 3.63) is 85.7 Å². The number of nitrogen functional groups attached to an aromatic ring is 1. The number of hydrogen-bond acceptors (Lipinski definition) is 7. The molecule has 2 unspecified atom stereocenters. The van der Waals surface area contributed by atoms with Gasteiger partial charge in [0.15, 0.2) is 0 Å². The average molecular weight is 789 g/mol. The summed E-state index contributed by atoms with van der Waals surface area (Å²) < 4.78 is 37.5. The van der Waals surface area contributed by atoms with Gasteiger partial charge in [-0.15, -0.1) is 0 Å². The summed E-state index contributed by atoms with van der Waals surface area (Å²) in [5.74, 6) is -1.88. The number of amides is 1. The second-order valence-corrected chi connectivity index (χ2v) is 17.8. The van der Waals surface area contributed by atoms with Crippen LogP contribution in [0.4, 0.5) is 11.5 Å². The first-order chi connectivity index (χ1) is 23.2. The first-order valence-electron chi connectivity index (χ1n) is 16.3. The van der Waals surface area contributed by atoms with Gasteiger partial charge in [0, 0.05) is 22.4 Å². The summed E-state index contributed by atoms with van der Waals surface area (Å²) in [5.41, 5.74) is 5.31. The monoisotopic (exact) mass is 787 g/mol. The van der Waals surface area contributed by atoms with Crippen LogP contribution >= 0.6 is 27.5 Å². The molecular weight excluding hydrogens is 746 g/mol. The molecule has 5 N–H and O–H groups in total. The number of carbonyl (C=O) groups excluding carboxylic acids is 2. The first-order valence-corrected chi connectivity index (χ1v) is 19.0. The number of fused-ring (bicyclic) bond motifs is 1. The van der Waals surface area contributed by atoms with Crippen molar-refractivity contribution in [1.29, 1.82) is 0 Å². The number of para-hydroxylation sites is 1. The highest BCUT2D eigenvalue weighted by atomic mass is 79.9. The highest BCUT2D eigenvalue weighted by Crippen LogP contribution is 2.50. The smallest absolute Gasteiger partial charge is 0.342 e. The molecule has 2 heterocycles. The fraction of sp³-hybridized carbons (Fsp3) is 0.417. The summed E-state index contributed by atoms with van der Waals surface area (Å²) in [7, 11) is -4.46. The number of rotatable bonds is 7. The van der Waals surface area contributed by atoms with E-state index in [1.807, 2.05) is 4.72 Å². The maximum absolute atomic E-state index is 14.6. The fourth-order valence-corrected chi connectivity index (χ4v) is 8.71. The van der Waals surface area contributed by atoms with E-state index in [2.05, 4.69) is 74.1 Å². The van der Waals surface area contributed by atoms with Crippen LogP contribution in [0.1, 0.15) is 82.0 Å². The number of esters is 1. The number of nitrogens with zero attached hydrogens (tertiary/aromatic N) is 1. The molecule has 2 aromatic heterocycles. The molecule has 1 saturated carbocycles. The lowest BCUT2D eigenvalue weighted by molar-refractivity contribution is -0.0922.